The monoisotopic (exact) mass is 447 g/mol. The van der Waals surface area contributed by atoms with Crippen LogP contribution in [0.3, 0.4) is 0 Å². The molecule has 2 aromatic carbocycles. The molecule has 2 heterocycles. The Morgan fingerprint density at radius 2 is 1.75 bits per heavy atom. The van der Waals surface area contributed by atoms with Crippen LogP contribution >= 0.6 is 11.3 Å². The Hall–Kier alpha value is -3.58. The zero-order valence-corrected chi connectivity index (χ0v) is 18.4. The van der Waals surface area contributed by atoms with Gasteiger partial charge in [0.2, 0.25) is 5.91 Å². The molecule has 0 aliphatic rings. The molecule has 4 rings (SSSR count). The molecule has 0 atom stereocenters. The lowest BCUT2D eigenvalue weighted by Gasteiger charge is -2.05. The number of hydrogen-bond acceptors (Lipinski definition) is 4. The molecular weight excluding hydrogens is 425 g/mol. The Balaban J connectivity index is 1.47. The van der Waals surface area contributed by atoms with E-state index < -0.39 is 0 Å². The highest BCUT2D eigenvalue weighted by Crippen LogP contribution is 2.24. The van der Waals surface area contributed by atoms with E-state index in [9.17, 15) is 14.0 Å². The largest absolute Gasteiger partial charge is 0.352 e. The maximum absolute atomic E-state index is 13.4. The van der Waals surface area contributed by atoms with Gasteiger partial charge in [0.1, 0.15) is 5.82 Å². The van der Waals surface area contributed by atoms with Crippen LogP contribution in [0.25, 0.3) is 16.9 Å². The molecule has 0 saturated heterocycles. The van der Waals surface area contributed by atoms with Crippen LogP contribution in [0, 0.1) is 12.7 Å². The third-order valence-electron chi connectivity index (χ3n) is 5.00. The van der Waals surface area contributed by atoms with E-state index >= 15 is 0 Å². The van der Waals surface area contributed by atoms with Crippen molar-refractivity contribution in [3.05, 3.63) is 94.1 Å². The normalized spacial score (nSPS) is 10.8. The van der Waals surface area contributed by atoms with Gasteiger partial charge < -0.3 is 5.32 Å². The second kappa shape index (κ2) is 9.70. The van der Waals surface area contributed by atoms with E-state index in [4.69, 9.17) is 0 Å². The fourth-order valence-corrected chi connectivity index (χ4v) is 4.15. The molecule has 0 aliphatic heterocycles. The molecule has 7 heteroatoms. The lowest BCUT2D eigenvalue weighted by atomic mass is 10.1. The molecule has 0 saturated carbocycles. The molecule has 0 bridgehead atoms. The van der Waals surface area contributed by atoms with E-state index in [1.807, 2.05) is 49.5 Å². The van der Waals surface area contributed by atoms with Gasteiger partial charge in [-0.1, -0.05) is 18.2 Å². The van der Waals surface area contributed by atoms with Crippen molar-refractivity contribution in [2.45, 2.75) is 26.3 Å². The first-order valence-electron chi connectivity index (χ1n) is 10.3. The zero-order chi connectivity index (χ0) is 22.5. The Morgan fingerprint density at radius 1 is 1.00 bits per heavy atom. The van der Waals surface area contributed by atoms with Crippen molar-refractivity contribution in [1.29, 1.82) is 0 Å². The molecule has 0 spiro atoms. The SMILES string of the molecule is Cc1ccc(C(=O)CCC(=O)NCc2cn(-c3ccccc3)nc2-c2ccc(F)cc2)s1. The Bertz CT molecular complexity index is 1230. The number of aromatic nitrogens is 2. The third kappa shape index (κ3) is 5.18. The fourth-order valence-electron chi connectivity index (χ4n) is 3.32. The molecule has 1 N–H and O–H groups in total. The van der Waals surface area contributed by atoms with Gasteiger partial charge in [-0.25, -0.2) is 9.07 Å². The topological polar surface area (TPSA) is 64.0 Å². The van der Waals surface area contributed by atoms with Gasteiger partial charge in [-0.05, 0) is 55.5 Å². The third-order valence-corrected chi connectivity index (χ3v) is 6.04. The number of thiophene rings is 1. The van der Waals surface area contributed by atoms with E-state index in [1.165, 1.54) is 23.5 Å². The number of rotatable bonds is 8. The standard InChI is InChI=1S/C25H22FN3O2S/c1-17-7-13-23(32-17)22(30)12-14-24(31)27-15-19-16-29(21-5-3-2-4-6-21)28-25(19)18-8-10-20(26)11-9-18/h2-11,13,16H,12,14-15H2,1H3,(H,27,31). The summed E-state index contributed by atoms with van der Waals surface area (Å²) in [6.07, 6.45) is 2.14. The summed E-state index contributed by atoms with van der Waals surface area (Å²) in [6, 6.07) is 19.4. The first-order chi connectivity index (χ1) is 15.5. The smallest absolute Gasteiger partial charge is 0.220 e. The van der Waals surface area contributed by atoms with E-state index in [1.54, 1.807) is 22.9 Å². The van der Waals surface area contributed by atoms with Crippen LogP contribution in [0.2, 0.25) is 0 Å². The zero-order valence-electron chi connectivity index (χ0n) is 17.5. The van der Waals surface area contributed by atoms with Crippen molar-refractivity contribution in [3.8, 4) is 16.9 Å². The summed E-state index contributed by atoms with van der Waals surface area (Å²) in [5.74, 6) is -0.553. The van der Waals surface area contributed by atoms with Crippen molar-refractivity contribution >= 4 is 23.0 Å². The van der Waals surface area contributed by atoms with E-state index in [-0.39, 0.29) is 36.9 Å². The lowest BCUT2D eigenvalue weighted by Crippen LogP contribution is -2.23. The number of ketones is 1. The number of halogens is 1. The van der Waals surface area contributed by atoms with Gasteiger partial charge in [0, 0.05) is 41.6 Å². The summed E-state index contributed by atoms with van der Waals surface area (Å²) in [7, 11) is 0. The Morgan fingerprint density at radius 3 is 2.44 bits per heavy atom. The van der Waals surface area contributed by atoms with Crippen molar-refractivity contribution in [2.75, 3.05) is 0 Å². The number of carbonyl (C=O) groups is 2. The molecule has 5 nitrogen and oxygen atoms in total. The van der Waals surface area contributed by atoms with E-state index in [2.05, 4.69) is 10.4 Å². The molecule has 0 unspecified atom stereocenters. The highest BCUT2D eigenvalue weighted by molar-refractivity contribution is 7.14. The molecule has 0 radical (unpaired) electrons. The first kappa shape index (κ1) is 21.6. The maximum atomic E-state index is 13.4. The minimum Gasteiger partial charge on any atom is -0.352 e. The average molecular weight is 448 g/mol. The van der Waals surface area contributed by atoms with Gasteiger partial charge in [0.25, 0.3) is 0 Å². The van der Waals surface area contributed by atoms with Crippen LogP contribution in [0.5, 0.6) is 0 Å². The minimum atomic E-state index is -0.323. The highest BCUT2D eigenvalue weighted by Gasteiger charge is 2.15. The fraction of sp³-hybridized carbons (Fsp3) is 0.160. The van der Waals surface area contributed by atoms with Gasteiger partial charge in [0.15, 0.2) is 5.78 Å². The second-order valence-corrected chi connectivity index (χ2v) is 8.69. The lowest BCUT2D eigenvalue weighted by molar-refractivity contribution is -0.121. The van der Waals surface area contributed by atoms with Gasteiger partial charge in [-0.3, -0.25) is 9.59 Å². The van der Waals surface area contributed by atoms with Crippen LogP contribution in [0.15, 0.2) is 72.9 Å². The second-order valence-electron chi connectivity index (χ2n) is 7.40. The molecule has 1 amide bonds. The molecule has 0 fully saturated rings. The summed E-state index contributed by atoms with van der Waals surface area (Å²) in [5.41, 5.74) is 3.10. The van der Waals surface area contributed by atoms with Gasteiger partial charge >= 0.3 is 0 Å². The molecule has 0 aliphatic carbocycles. The van der Waals surface area contributed by atoms with Crippen molar-refractivity contribution in [3.63, 3.8) is 0 Å². The number of aryl methyl sites for hydroxylation is 1. The van der Waals surface area contributed by atoms with Crippen LogP contribution in [0.1, 0.15) is 33.0 Å². The molecule has 4 aromatic rings. The van der Waals surface area contributed by atoms with Gasteiger partial charge in [-0.2, -0.15) is 5.10 Å². The average Bonchev–Trinajstić information content (AvgIpc) is 3.44. The minimum absolute atomic E-state index is 0.0258. The van der Waals surface area contributed by atoms with Crippen molar-refractivity contribution < 1.29 is 14.0 Å². The summed E-state index contributed by atoms with van der Waals surface area (Å²) in [5, 5.41) is 7.55. The van der Waals surface area contributed by atoms with Gasteiger partial charge in [0.05, 0.1) is 16.3 Å². The quantitative estimate of drug-likeness (QED) is 0.372. The number of hydrogen-bond donors (Lipinski definition) is 1. The molecule has 162 valence electrons. The van der Waals surface area contributed by atoms with E-state index in [0.717, 1.165) is 21.7 Å². The number of amides is 1. The summed E-state index contributed by atoms with van der Waals surface area (Å²) >= 11 is 1.44. The van der Waals surface area contributed by atoms with Crippen LogP contribution in [0.4, 0.5) is 4.39 Å². The Kier molecular flexibility index (Phi) is 6.56. The molecular formula is C25H22FN3O2S. The summed E-state index contributed by atoms with van der Waals surface area (Å²) < 4.78 is 15.1. The van der Waals surface area contributed by atoms with Crippen molar-refractivity contribution in [2.24, 2.45) is 0 Å². The number of Topliss-reactive ketones (excluding diaryl/α,β-unsaturated/α-hetero) is 1. The molecule has 32 heavy (non-hydrogen) atoms. The summed E-state index contributed by atoms with van der Waals surface area (Å²) in [6.45, 7) is 2.20. The van der Waals surface area contributed by atoms with Crippen LogP contribution in [-0.4, -0.2) is 21.5 Å². The predicted octanol–water partition coefficient (Wildman–Crippen LogP) is 5.33. The highest BCUT2D eigenvalue weighted by atomic mass is 32.1. The number of carbonyl (C=O) groups excluding carboxylic acids is 2. The maximum Gasteiger partial charge on any atom is 0.220 e. The number of nitrogens with one attached hydrogen (secondary N) is 1. The predicted molar refractivity (Wildman–Crippen MR) is 123 cm³/mol. The van der Waals surface area contributed by atoms with Crippen LogP contribution in [-0.2, 0) is 11.3 Å². The summed E-state index contributed by atoms with van der Waals surface area (Å²) in [4.78, 5) is 26.4. The number of nitrogens with zero attached hydrogens (tertiary/aromatic N) is 2. The van der Waals surface area contributed by atoms with Crippen LogP contribution < -0.4 is 5.32 Å². The number of benzene rings is 2. The first-order valence-corrected chi connectivity index (χ1v) is 11.1. The van der Waals surface area contributed by atoms with E-state index in [0.29, 0.717) is 10.6 Å². The molecule has 2 aromatic heterocycles. The Labute approximate surface area is 189 Å². The van der Waals surface area contributed by atoms with Crippen molar-refractivity contribution in [1.82, 2.24) is 15.1 Å². The van der Waals surface area contributed by atoms with Gasteiger partial charge in [-0.15, -0.1) is 11.3 Å². The number of para-hydroxylation sites is 1.